The van der Waals surface area contributed by atoms with Gasteiger partial charge in [0.2, 0.25) is 0 Å². The lowest BCUT2D eigenvalue weighted by Crippen LogP contribution is -2.53. The van der Waals surface area contributed by atoms with Crippen molar-refractivity contribution in [2.75, 3.05) is 37.7 Å². The zero-order valence-electron chi connectivity index (χ0n) is 20.3. The topological polar surface area (TPSA) is 81.2 Å². The molecule has 1 aromatic rings. The molecule has 8 heteroatoms. The van der Waals surface area contributed by atoms with Crippen molar-refractivity contribution in [3.63, 3.8) is 0 Å². The molecule has 0 radical (unpaired) electrons. The predicted octanol–water partition coefficient (Wildman–Crippen LogP) is 4.20. The maximum atomic E-state index is 12.6. The molecule has 2 amide bonds. The number of amides is 2. The monoisotopic (exact) mass is 447 g/mol. The molecule has 0 aliphatic carbocycles. The molecule has 178 valence electrons. The van der Waals surface area contributed by atoms with Gasteiger partial charge in [0.25, 0.3) is 0 Å². The van der Waals surface area contributed by atoms with Crippen LogP contribution in [0.15, 0.2) is 12.1 Å². The lowest BCUT2D eigenvalue weighted by molar-refractivity contribution is -0.0199. The average molecular weight is 448 g/mol. The van der Waals surface area contributed by atoms with Crippen LogP contribution in [0.3, 0.4) is 0 Å². The number of hydrogen-bond donors (Lipinski definition) is 0. The zero-order valence-corrected chi connectivity index (χ0v) is 20.3. The number of rotatable bonds is 5. The van der Waals surface area contributed by atoms with Crippen LogP contribution in [0.1, 0.15) is 59.2 Å². The van der Waals surface area contributed by atoms with Gasteiger partial charge >= 0.3 is 12.2 Å². The number of aromatic nitrogens is 1. The van der Waals surface area contributed by atoms with Gasteiger partial charge in [0.15, 0.2) is 0 Å². The first kappa shape index (κ1) is 24.3. The number of anilines is 1. The Hall–Kier alpha value is -2.35. The molecule has 2 aliphatic rings. The maximum absolute atomic E-state index is 12.6. The summed E-state index contributed by atoms with van der Waals surface area (Å²) in [5, 5.41) is 0. The van der Waals surface area contributed by atoms with Gasteiger partial charge in [0.05, 0.1) is 13.2 Å². The predicted molar refractivity (Wildman–Crippen MR) is 122 cm³/mol. The smallest absolute Gasteiger partial charge is 0.416 e. The minimum absolute atomic E-state index is 0.262. The summed E-state index contributed by atoms with van der Waals surface area (Å²) in [7, 11) is 0. The first-order valence-electron chi connectivity index (χ1n) is 11.5. The minimum atomic E-state index is -0.541. The van der Waals surface area contributed by atoms with Crippen molar-refractivity contribution in [1.82, 2.24) is 9.88 Å². The Morgan fingerprint density at radius 2 is 1.69 bits per heavy atom. The lowest BCUT2D eigenvalue weighted by Gasteiger charge is -2.39. The molecule has 0 aromatic carbocycles. The average Bonchev–Trinajstić information content (AvgIpc) is 2.62. The summed E-state index contributed by atoms with van der Waals surface area (Å²) in [4.78, 5) is 32.7. The Kier molecular flexibility index (Phi) is 7.32. The van der Waals surface area contributed by atoms with Crippen LogP contribution < -0.4 is 4.90 Å². The number of pyridine rings is 1. The molecule has 0 atom stereocenters. The number of hydrogen-bond acceptors (Lipinski definition) is 6. The molecule has 0 unspecified atom stereocenters. The zero-order chi connectivity index (χ0) is 23.5. The van der Waals surface area contributed by atoms with Gasteiger partial charge in [-0.25, -0.2) is 14.6 Å². The highest BCUT2D eigenvalue weighted by atomic mass is 16.6. The van der Waals surface area contributed by atoms with Gasteiger partial charge in [-0.3, -0.25) is 4.90 Å². The fraction of sp³-hybridized carbons (Fsp3) is 0.708. The second-order valence-electron chi connectivity index (χ2n) is 10.6. The first-order chi connectivity index (χ1) is 14.9. The normalized spacial score (nSPS) is 16.9. The van der Waals surface area contributed by atoms with Gasteiger partial charge < -0.3 is 19.1 Å². The Bertz CT molecular complexity index is 822. The third kappa shape index (κ3) is 6.82. The fourth-order valence-corrected chi connectivity index (χ4v) is 3.69. The summed E-state index contributed by atoms with van der Waals surface area (Å²) in [6.07, 6.45) is 1.87. The van der Waals surface area contributed by atoms with Crippen LogP contribution in [0, 0.1) is 5.92 Å². The van der Waals surface area contributed by atoms with Gasteiger partial charge in [0.1, 0.15) is 17.0 Å². The van der Waals surface area contributed by atoms with Gasteiger partial charge in [-0.15, -0.1) is 0 Å². The second-order valence-corrected chi connectivity index (χ2v) is 10.6. The summed E-state index contributed by atoms with van der Waals surface area (Å²) in [5.41, 5.74) is 0.951. The van der Waals surface area contributed by atoms with E-state index in [1.165, 1.54) is 0 Å². The molecule has 0 bridgehead atoms. The molecule has 1 aromatic heterocycles. The SMILES string of the molecule is CC(C)(C)OC(=O)N1CC(COCCc2ccc3c(n2)N(C(=O)OC(C)(C)C)CCC3)C1. The highest BCUT2D eigenvalue weighted by Crippen LogP contribution is 2.27. The molecule has 1 saturated heterocycles. The summed E-state index contributed by atoms with van der Waals surface area (Å²) in [6, 6.07) is 4.06. The van der Waals surface area contributed by atoms with Crippen molar-refractivity contribution in [2.24, 2.45) is 5.92 Å². The van der Waals surface area contributed by atoms with Gasteiger partial charge in [0, 0.05) is 37.7 Å². The van der Waals surface area contributed by atoms with Gasteiger partial charge in [-0.2, -0.15) is 0 Å². The molecule has 2 aliphatic heterocycles. The van der Waals surface area contributed by atoms with Crippen LogP contribution in [0.5, 0.6) is 0 Å². The summed E-state index contributed by atoms with van der Waals surface area (Å²) in [6.45, 7) is 14.3. The quantitative estimate of drug-likeness (QED) is 0.630. The van der Waals surface area contributed by atoms with E-state index in [1.807, 2.05) is 47.6 Å². The van der Waals surface area contributed by atoms with E-state index in [-0.39, 0.29) is 12.2 Å². The van der Waals surface area contributed by atoms with Crippen LogP contribution in [0.2, 0.25) is 0 Å². The van der Waals surface area contributed by atoms with Crippen LogP contribution in [0.4, 0.5) is 15.4 Å². The fourth-order valence-electron chi connectivity index (χ4n) is 3.69. The number of aryl methyl sites for hydroxylation is 1. The Morgan fingerprint density at radius 1 is 1.03 bits per heavy atom. The van der Waals surface area contributed by atoms with Crippen molar-refractivity contribution < 1.29 is 23.8 Å². The van der Waals surface area contributed by atoms with Crippen LogP contribution in [0.25, 0.3) is 0 Å². The molecule has 32 heavy (non-hydrogen) atoms. The lowest BCUT2D eigenvalue weighted by atomic mass is 10.0. The first-order valence-corrected chi connectivity index (χ1v) is 11.5. The van der Waals surface area contributed by atoms with Gasteiger partial charge in [-0.1, -0.05) is 6.07 Å². The van der Waals surface area contributed by atoms with Crippen LogP contribution in [-0.2, 0) is 27.1 Å². The van der Waals surface area contributed by atoms with E-state index in [4.69, 9.17) is 19.2 Å². The van der Waals surface area contributed by atoms with Crippen molar-refractivity contribution >= 4 is 18.0 Å². The number of fused-ring (bicyclic) bond motifs is 1. The van der Waals surface area contributed by atoms with E-state index in [9.17, 15) is 9.59 Å². The molecule has 0 N–H and O–H groups in total. The minimum Gasteiger partial charge on any atom is -0.444 e. The van der Waals surface area contributed by atoms with E-state index in [1.54, 1.807) is 9.80 Å². The third-order valence-electron chi connectivity index (χ3n) is 5.18. The molecule has 8 nitrogen and oxygen atoms in total. The molecule has 1 fully saturated rings. The summed E-state index contributed by atoms with van der Waals surface area (Å²) < 4.78 is 16.8. The van der Waals surface area contributed by atoms with Crippen molar-refractivity contribution in [3.05, 3.63) is 23.4 Å². The van der Waals surface area contributed by atoms with Gasteiger partial charge in [-0.05, 0) is 66.0 Å². The molecule has 3 rings (SSSR count). The number of carbonyl (C=O) groups excluding carboxylic acids is 2. The molecule has 0 saturated carbocycles. The number of likely N-dealkylation sites (tertiary alicyclic amines) is 1. The summed E-state index contributed by atoms with van der Waals surface area (Å²) in [5.74, 6) is 1.04. The van der Waals surface area contributed by atoms with Crippen LogP contribution >= 0.6 is 0 Å². The third-order valence-corrected chi connectivity index (χ3v) is 5.18. The van der Waals surface area contributed by atoms with Crippen molar-refractivity contribution in [3.8, 4) is 0 Å². The van der Waals surface area contributed by atoms with E-state index in [2.05, 4.69) is 6.07 Å². The Labute approximate surface area is 191 Å². The Morgan fingerprint density at radius 3 is 2.34 bits per heavy atom. The van der Waals surface area contributed by atoms with E-state index in [0.29, 0.717) is 51.0 Å². The molecular formula is C24H37N3O5. The van der Waals surface area contributed by atoms with Crippen LogP contribution in [-0.4, -0.2) is 66.1 Å². The maximum Gasteiger partial charge on any atom is 0.416 e. The van der Waals surface area contributed by atoms with Crippen molar-refractivity contribution in [2.45, 2.75) is 72.0 Å². The molecular weight excluding hydrogens is 410 g/mol. The highest BCUT2D eigenvalue weighted by molar-refractivity contribution is 5.88. The number of carbonyl (C=O) groups is 2. The number of nitrogens with zero attached hydrogens (tertiary/aromatic N) is 3. The number of ether oxygens (including phenoxy) is 3. The molecule has 3 heterocycles. The van der Waals surface area contributed by atoms with E-state index in [0.717, 1.165) is 24.1 Å². The standard InChI is InChI=1S/C24H37N3O5/c1-23(2,3)31-21(28)26-14-17(15-26)16-30-13-11-19-10-9-18-8-7-12-27(20(18)25-19)22(29)32-24(4,5)6/h9-10,17H,7-8,11-16H2,1-6H3. The summed E-state index contributed by atoms with van der Waals surface area (Å²) >= 11 is 0. The highest BCUT2D eigenvalue weighted by Gasteiger charge is 2.33. The second kappa shape index (κ2) is 9.65. The van der Waals surface area contributed by atoms with E-state index >= 15 is 0 Å². The largest absolute Gasteiger partial charge is 0.444 e. The van der Waals surface area contributed by atoms with E-state index < -0.39 is 11.2 Å². The molecule has 0 spiro atoms. The van der Waals surface area contributed by atoms with Crippen molar-refractivity contribution in [1.29, 1.82) is 0 Å². The Balaban J connectivity index is 1.45.